The Morgan fingerprint density at radius 1 is 0.425 bits per heavy atom. The van der Waals surface area contributed by atoms with Crippen molar-refractivity contribution in [3.63, 3.8) is 0 Å². The molecule has 1 saturated heterocycles. The first-order valence-electron chi connectivity index (χ1n) is 18.7. The van der Waals surface area contributed by atoms with E-state index in [9.17, 15) is 5.11 Å². The van der Waals surface area contributed by atoms with Crippen LogP contribution in [0, 0.1) is 0 Å². The Morgan fingerprint density at radius 2 is 0.675 bits per heavy atom. The van der Waals surface area contributed by atoms with Gasteiger partial charge in [0.2, 0.25) is 0 Å². The molecule has 1 N–H and O–H groups in total. The van der Waals surface area contributed by atoms with Crippen molar-refractivity contribution >= 4 is 0 Å². The molecule has 1 atom stereocenters. The lowest BCUT2D eigenvalue weighted by Crippen LogP contribution is -2.31. The van der Waals surface area contributed by atoms with E-state index in [0.29, 0.717) is 6.61 Å². The van der Waals surface area contributed by atoms with E-state index in [4.69, 9.17) is 9.47 Å². The summed E-state index contributed by atoms with van der Waals surface area (Å²) in [4.78, 5) is 0. The van der Waals surface area contributed by atoms with Crippen LogP contribution in [0.5, 0.6) is 0 Å². The fraction of sp³-hybridized carbons (Fsp3) is 1.00. The Morgan fingerprint density at radius 3 is 0.900 bits per heavy atom. The van der Waals surface area contributed by atoms with Gasteiger partial charge in [0.1, 0.15) is 6.61 Å². The van der Waals surface area contributed by atoms with Crippen LogP contribution < -0.4 is 0 Å². The van der Waals surface area contributed by atoms with Crippen LogP contribution >= 0.6 is 0 Å². The van der Waals surface area contributed by atoms with Crippen LogP contribution in [-0.2, 0) is 9.47 Å². The molecule has 0 radical (unpaired) electrons. The van der Waals surface area contributed by atoms with Gasteiger partial charge in [-0.15, -0.1) is 0 Å². The number of rotatable bonds is 32. The summed E-state index contributed by atoms with van der Waals surface area (Å²) in [6, 6.07) is 0. The molecule has 1 rings (SSSR count). The number of aliphatic hydroxyl groups is 1. The van der Waals surface area contributed by atoms with Crippen LogP contribution in [-0.4, -0.2) is 23.8 Å². The van der Waals surface area contributed by atoms with Crippen molar-refractivity contribution in [1.82, 2.24) is 0 Å². The quantitative estimate of drug-likeness (QED) is 0.0823. The summed E-state index contributed by atoms with van der Waals surface area (Å²) in [6.07, 6.45) is 42.7. The van der Waals surface area contributed by atoms with E-state index in [-0.39, 0.29) is 0 Å². The molecule has 0 aliphatic carbocycles. The van der Waals surface area contributed by atoms with Gasteiger partial charge in [0.25, 0.3) is 0 Å². The van der Waals surface area contributed by atoms with Gasteiger partial charge in [0.05, 0.1) is 0 Å². The van der Waals surface area contributed by atoms with Gasteiger partial charge in [-0.25, -0.2) is 0 Å². The summed E-state index contributed by atoms with van der Waals surface area (Å²) in [5, 5.41) is 9.97. The predicted octanol–water partition coefficient (Wildman–Crippen LogP) is 12.6. The van der Waals surface area contributed by atoms with E-state index in [1.54, 1.807) is 0 Å². The summed E-state index contributed by atoms with van der Waals surface area (Å²) in [5.41, 5.74) is 0. The minimum atomic E-state index is -0.729. The number of aliphatic hydroxyl groups excluding tert-OH is 1. The largest absolute Gasteiger partial charge is 0.366 e. The van der Waals surface area contributed by atoms with Crippen molar-refractivity contribution in [3.05, 3.63) is 0 Å². The minimum Gasteiger partial charge on any atom is -0.366 e. The zero-order chi connectivity index (χ0) is 28.8. The molecule has 0 bridgehead atoms. The van der Waals surface area contributed by atoms with Crippen LogP contribution in [0.15, 0.2) is 0 Å². The first kappa shape index (κ1) is 37.9. The highest BCUT2D eigenvalue weighted by molar-refractivity contribution is 4.76. The normalized spacial score (nSPS) is 16.7. The van der Waals surface area contributed by atoms with Gasteiger partial charge in [-0.1, -0.05) is 194 Å². The molecule has 1 unspecified atom stereocenters. The molecule has 3 heteroatoms. The van der Waals surface area contributed by atoms with E-state index in [0.717, 1.165) is 25.7 Å². The molecule has 0 aromatic rings. The minimum absolute atomic E-state index is 0.345. The second-order valence-electron chi connectivity index (χ2n) is 13.2. The summed E-state index contributed by atoms with van der Waals surface area (Å²) in [5.74, 6) is -0.507. The van der Waals surface area contributed by atoms with Crippen LogP contribution in [0.25, 0.3) is 0 Å². The Labute approximate surface area is 252 Å². The fourth-order valence-electron chi connectivity index (χ4n) is 6.46. The van der Waals surface area contributed by atoms with Crippen molar-refractivity contribution in [2.45, 2.75) is 231 Å². The summed E-state index contributed by atoms with van der Waals surface area (Å²) >= 11 is 0. The molecular formula is C37H74O3. The Bertz CT molecular complexity index is 460. The van der Waals surface area contributed by atoms with Crippen molar-refractivity contribution in [2.24, 2.45) is 0 Å². The number of hydrogen-bond acceptors (Lipinski definition) is 3. The highest BCUT2D eigenvalue weighted by Gasteiger charge is 2.39. The van der Waals surface area contributed by atoms with E-state index < -0.39 is 12.1 Å². The standard InChI is InChI=1S/C37H74O3/c1-3-5-7-9-11-13-15-17-19-21-23-25-27-29-31-33-37(39-35-36(38)40-37)34-32-30-28-26-24-22-20-18-16-14-12-10-8-6-4-2/h36,38H,3-35H2,1-2H3. The van der Waals surface area contributed by atoms with Gasteiger partial charge in [-0.3, -0.25) is 0 Å². The van der Waals surface area contributed by atoms with Crippen LogP contribution in [0.2, 0.25) is 0 Å². The van der Waals surface area contributed by atoms with Crippen LogP contribution in [0.3, 0.4) is 0 Å². The van der Waals surface area contributed by atoms with Crippen molar-refractivity contribution in [2.75, 3.05) is 6.61 Å². The van der Waals surface area contributed by atoms with E-state index in [1.165, 1.54) is 180 Å². The van der Waals surface area contributed by atoms with Gasteiger partial charge < -0.3 is 14.6 Å². The average molecular weight is 567 g/mol. The van der Waals surface area contributed by atoms with Crippen molar-refractivity contribution in [1.29, 1.82) is 0 Å². The third kappa shape index (κ3) is 23.4. The zero-order valence-electron chi connectivity index (χ0n) is 27.7. The second-order valence-corrected chi connectivity index (χ2v) is 13.2. The van der Waals surface area contributed by atoms with Crippen molar-refractivity contribution in [3.8, 4) is 0 Å². The molecule has 40 heavy (non-hydrogen) atoms. The lowest BCUT2D eigenvalue weighted by molar-refractivity contribution is -0.207. The fourth-order valence-corrected chi connectivity index (χ4v) is 6.46. The molecule has 0 aromatic heterocycles. The molecule has 240 valence electrons. The molecular weight excluding hydrogens is 492 g/mol. The number of hydrogen-bond donors (Lipinski definition) is 1. The molecule has 1 aliphatic rings. The predicted molar refractivity (Wildman–Crippen MR) is 175 cm³/mol. The Balaban J connectivity index is 1.92. The van der Waals surface area contributed by atoms with E-state index in [1.807, 2.05) is 0 Å². The molecule has 1 heterocycles. The van der Waals surface area contributed by atoms with E-state index in [2.05, 4.69) is 13.8 Å². The summed E-state index contributed by atoms with van der Waals surface area (Å²) in [7, 11) is 0. The summed E-state index contributed by atoms with van der Waals surface area (Å²) in [6.45, 7) is 4.93. The van der Waals surface area contributed by atoms with Gasteiger partial charge in [0.15, 0.2) is 12.1 Å². The first-order valence-corrected chi connectivity index (χ1v) is 18.7. The Hall–Kier alpha value is -0.120. The van der Waals surface area contributed by atoms with Gasteiger partial charge >= 0.3 is 0 Å². The van der Waals surface area contributed by atoms with Crippen LogP contribution in [0.4, 0.5) is 0 Å². The lowest BCUT2D eigenvalue weighted by Gasteiger charge is -2.27. The van der Waals surface area contributed by atoms with E-state index >= 15 is 0 Å². The SMILES string of the molecule is CCCCCCCCCCCCCCCCCC1(CCCCCCCCCCCCCCCCC)OCC(O)O1. The number of ether oxygens (including phenoxy) is 2. The maximum Gasteiger partial charge on any atom is 0.181 e. The maximum absolute atomic E-state index is 9.97. The van der Waals surface area contributed by atoms with Gasteiger partial charge in [0, 0.05) is 12.8 Å². The molecule has 0 saturated carbocycles. The monoisotopic (exact) mass is 567 g/mol. The molecule has 1 fully saturated rings. The lowest BCUT2D eigenvalue weighted by atomic mass is 9.98. The summed E-state index contributed by atoms with van der Waals surface area (Å²) < 4.78 is 11.9. The first-order chi connectivity index (χ1) is 19.7. The van der Waals surface area contributed by atoms with Crippen molar-refractivity contribution < 1.29 is 14.6 Å². The maximum atomic E-state index is 9.97. The third-order valence-corrected chi connectivity index (χ3v) is 9.16. The van der Waals surface area contributed by atoms with Crippen LogP contribution in [0.1, 0.15) is 219 Å². The average Bonchev–Trinajstić information content (AvgIpc) is 3.33. The highest BCUT2D eigenvalue weighted by atomic mass is 16.8. The second kappa shape index (κ2) is 29.0. The molecule has 1 aliphatic heterocycles. The van der Waals surface area contributed by atoms with Gasteiger partial charge in [-0.05, 0) is 12.8 Å². The smallest absolute Gasteiger partial charge is 0.181 e. The highest BCUT2D eigenvalue weighted by Crippen LogP contribution is 2.34. The zero-order valence-corrected chi connectivity index (χ0v) is 27.7. The number of unbranched alkanes of at least 4 members (excludes halogenated alkanes) is 28. The topological polar surface area (TPSA) is 38.7 Å². The molecule has 0 amide bonds. The molecule has 0 aromatic carbocycles. The Kier molecular flexibility index (Phi) is 27.5. The molecule has 3 nitrogen and oxygen atoms in total. The van der Waals surface area contributed by atoms with Gasteiger partial charge in [-0.2, -0.15) is 0 Å². The third-order valence-electron chi connectivity index (χ3n) is 9.16. The molecule has 0 spiro atoms.